The molecule has 0 saturated heterocycles. The minimum Gasteiger partial charge on any atom is -0.518 e. The van der Waals surface area contributed by atoms with E-state index in [0.29, 0.717) is 26.4 Å². The van der Waals surface area contributed by atoms with Gasteiger partial charge in [0.05, 0.1) is 0 Å². The Kier molecular flexibility index (Phi) is 16.9. The predicted octanol–water partition coefficient (Wildman–Crippen LogP) is 0.132. The monoisotopic (exact) mass is 270 g/mol. The predicted molar refractivity (Wildman–Crippen MR) is 70.7 cm³/mol. The van der Waals surface area contributed by atoms with Crippen LogP contribution in [0.5, 0.6) is 0 Å². The van der Waals surface area contributed by atoms with E-state index < -0.39 is 6.96 Å². The third kappa shape index (κ3) is 9.79. The molecule has 6 heteroatoms. The third-order valence-corrected chi connectivity index (χ3v) is 2.10. The van der Waals surface area contributed by atoms with Gasteiger partial charge in [0.1, 0.15) is 0 Å². The fourth-order valence-corrected chi connectivity index (χ4v) is 1.34. The summed E-state index contributed by atoms with van der Waals surface area (Å²) in [5, 5.41) is 0. The van der Waals surface area contributed by atoms with Gasteiger partial charge < -0.3 is 18.6 Å². The van der Waals surface area contributed by atoms with Crippen LogP contribution in [0.15, 0.2) is 0 Å². The van der Waals surface area contributed by atoms with Crippen LogP contribution in [0.1, 0.15) is 53.4 Å². The summed E-state index contributed by atoms with van der Waals surface area (Å²) in [5.41, 5.74) is 0. The molecule has 0 heterocycles. The summed E-state index contributed by atoms with van der Waals surface area (Å²) >= 11 is 0. The Balaban J connectivity index is 0. The van der Waals surface area contributed by atoms with Crippen molar-refractivity contribution in [1.82, 2.24) is 0 Å². The summed E-state index contributed by atoms with van der Waals surface area (Å²) in [5.74, 6) is 0. The molecular formula is C12H28BNaO4. The van der Waals surface area contributed by atoms with Gasteiger partial charge in [0.15, 0.2) is 0 Å². The van der Waals surface area contributed by atoms with E-state index in [0.717, 1.165) is 25.7 Å². The molecule has 0 unspecified atom stereocenters. The molecule has 0 aliphatic heterocycles. The minimum absolute atomic E-state index is 0. The van der Waals surface area contributed by atoms with Crippen LogP contribution in [-0.4, -0.2) is 33.4 Å². The first kappa shape index (κ1) is 21.2. The Bertz CT molecular complexity index is 135. The maximum atomic E-state index is 5.68. The van der Waals surface area contributed by atoms with Crippen molar-refractivity contribution < 1.29 is 48.2 Å². The largest absolute Gasteiger partial charge is 1.00 e. The molecule has 0 aromatic carbocycles. The summed E-state index contributed by atoms with van der Waals surface area (Å²) in [4.78, 5) is 0. The molecule has 0 radical (unpaired) electrons. The summed E-state index contributed by atoms with van der Waals surface area (Å²) in [6, 6.07) is 0. The Hall–Kier alpha value is 0.905. The fraction of sp³-hybridized carbons (Fsp3) is 1.00. The topological polar surface area (TPSA) is 36.9 Å². The minimum atomic E-state index is -2.01. The summed E-state index contributed by atoms with van der Waals surface area (Å²) in [7, 11) is 0. The Labute approximate surface area is 134 Å². The maximum Gasteiger partial charge on any atom is 1.00 e. The Morgan fingerprint density at radius 1 is 0.556 bits per heavy atom. The molecular weight excluding hydrogens is 242 g/mol. The van der Waals surface area contributed by atoms with Crippen molar-refractivity contribution in [3.05, 3.63) is 0 Å². The summed E-state index contributed by atoms with van der Waals surface area (Å²) in [6.07, 6.45) is 3.68. The standard InChI is InChI=1S/C12H28BO4.Na/c1-5-9-14-13(15-10-6-2,16-11-7-3)17-12-8-4;/h5-12H2,1-4H3;/q-1;+1. The van der Waals surface area contributed by atoms with E-state index in [1.807, 2.05) is 0 Å². The van der Waals surface area contributed by atoms with Gasteiger partial charge in [-0.25, -0.2) is 0 Å². The van der Waals surface area contributed by atoms with Crippen molar-refractivity contribution in [2.75, 3.05) is 26.4 Å². The number of rotatable bonds is 12. The van der Waals surface area contributed by atoms with Crippen LogP contribution in [-0.2, 0) is 18.6 Å². The van der Waals surface area contributed by atoms with Gasteiger partial charge >= 0.3 is 36.5 Å². The summed E-state index contributed by atoms with van der Waals surface area (Å²) < 4.78 is 22.7. The summed E-state index contributed by atoms with van der Waals surface area (Å²) in [6.45, 7) is 8.59. The molecule has 0 rings (SSSR count). The van der Waals surface area contributed by atoms with Gasteiger partial charge in [-0.2, -0.15) is 0 Å². The average molecular weight is 270 g/mol. The van der Waals surface area contributed by atoms with Crippen molar-refractivity contribution in [1.29, 1.82) is 0 Å². The van der Waals surface area contributed by atoms with Crippen molar-refractivity contribution >= 4 is 6.96 Å². The van der Waals surface area contributed by atoms with E-state index in [1.165, 1.54) is 0 Å². The van der Waals surface area contributed by atoms with Gasteiger partial charge in [-0.05, 0) is 25.7 Å². The van der Waals surface area contributed by atoms with E-state index in [-0.39, 0.29) is 29.6 Å². The van der Waals surface area contributed by atoms with Crippen molar-refractivity contribution in [3.8, 4) is 0 Å². The fourth-order valence-electron chi connectivity index (χ4n) is 1.34. The molecule has 0 saturated carbocycles. The first-order chi connectivity index (χ1) is 8.24. The Morgan fingerprint density at radius 3 is 0.944 bits per heavy atom. The van der Waals surface area contributed by atoms with E-state index in [9.17, 15) is 0 Å². The molecule has 0 N–H and O–H groups in total. The van der Waals surface area contributed by atoms with E-state index in [1.54, 1.807) is 0 Å². The van der Waals surface area contributed by atoms with Gasteiger partial charge in [-0.1, -0.05) is 27.7 Å². The maximum absolute atomic E-state index is 5.68. The van der Waals surface area contributed by atoms with Crippen LogP contribution in [0.25, 0.3) is 0 Å². The first-order valence-corrected chi connectivity index (χ1v) is 6.93. The third-order valence-electron chi connectivity index (χ3n) is 2.10. The molecule has 104 valence electrons. The van der Waals surface area contributed by atoms with Crippen molar-refractivity contribution in [2.45, 2.75) is 53.4 Å². The van der Waals surface area contributed by atoms with E-state index in [2.05, 4.69) is 27.7 Å². The number of hydrogen-bond donors (Lipinski definition) is 0. The molecule has 0 fully saturated rings. The van der Waals surface area contributed by atoms with E-state index >= 15 is 0 Å². The second kappa shape index (κ2) is 14.3. The molecule has 0 aromatic heterocycles. The molecule has 0 atom stereocenters. The Morgan fingerprint density at radius 2 is 0.778 bits per heavy atom. The second-order valence-electron chi connectivity index (χ2n) is 4.06. The number of hydrogen-bond acceptors (Lipinski definition) is 4. The van der Waals surface area contributed by atoms with Gasteiger partial charge in [0, 0.05) is 26.4 Å². The van der Waals surface area contributed by atoms with Crippen LogP contribution in [0.3, 0.4) is 0 Å². The smallest absolute Gasteiger partial charge is 0.518 e. The normalized spacial score (nSPS) is 11.3. The van der Waals surface area contributed by atoms with Crippen LogP contribution in [0, 0.1) is 0 Å². The molecule has 0 spiro atoms. The molecule has 0 aliphatic carbocycles. The second-order valence-corrected chi connectivity index (χ2v) is 4.06. The van der Waals surface area contributed by atoms with Crippen molar-refractivity contribution in [3.63, 3.8) is 0 Å². The zero-order valence-electron chi connectivity index (χ0n) is 12.9. The van der Waals surface area contributed by atoms with Crippen molar-refractivity contribution in [2.24, 2.45) is 0 Å². The molecule has 4 nitrogen and oxygen atoms in total. The molecule has 0 aliphatic rings. The SMILES string of the molecule is CCCO[B-](OCCC)(OCCC)OCCC.[Na+]. The molecule has 0 aromatic rings. The van der Waals surface area contributed by atoms with Gasteiger partial charge in [0.25, 0.3) is 0 Å². The average Bonchev–Trinajstić information content (AvgIpc) is 2.37. The van der Waals surface area contributed by atoms with Crippen LogP contribution in [0.4, 0.5) is 0 Å². The quantitative estimate of drug-likeness (QED) is 0.472. The van der Waals surface area contributed by atoms with Gasteiger partial charge in [-0.15, -0.1) is 0 Å². The zero-order valence-corrected chi connectivity index (χ0v) is 14.9. The molecule has 0 amide bonds. The van der Waals surface area contributed by atoms with E-state index in [4.69, 9.17) is 18.6 Å². The van der Waals surface area contributed by atoms with Crippen LogP contribution < -0.4 is 29.6 Å². The van der Waals surface area contributed by atoms with Gasteiger partial charge in [0.2, 0.25) is 0 Å². The van der Waals surface area contributed by atoms with Crippen LogP contribution in [0.2, 0.25) is 0 Å². The molecule has 18 heavy (non-hydrogen) atoms. The zero-order chi connectivity index (χ0) is 13.0. The molecule has 0 bridgehead atoms. The van der Waals surface area contributed by atoms with Gasteiger partial charge in [-0.3, -0.25) is 0 Å². The van der Waals surface area contributed by atoms with Crippen LogP contribution >= 0.6 is 0 Å². The first-order valence-electron chi connectivity index (χ1n) is 6.93.